The quantitative estimate of drug-likeness (QED) is 0.679. The lowest BCUT2D eigenvalue weighted by atomic mass is 10.1. The van der Waals surface area contributed by atoms with Crippen molar-refractivity contribution in [2.75, 3.05) is 0 Å². The number of aryl methyl sites for hydroxylation is 1. The highest BCUT2D eigenvalue weighted by Crippen LogP contribution is 2.10. The lowest BCUT2D eigenvalue weighted by Crippen LogP contribution is -2.18. The number of rotatable bonds is 5. The number of nitrogens with one attached hydrogen (secondary N) is 1. The van der Waals surface area contributed by atoms with Crippen LogP contribution in [0.3, 0.4) is 0 Å². The number of nitrogens with zero attached hydrogens (tertiary/aromatic N) is 1. The summed E-state index contributed by atoms with van der Waals surface area (Å²) in [6.45, 7) is 3.76. The SMILES string of the molecule is CC(=C/c1ccccc1)/C=N/NS(=O)(=O)c1ccc(C)cc1. The van der Waals surface area contributed by atoms with E-state index in [1.54, 1.807) is 24.3 Å². The Balaban J connectivity index is 2.05. The fraction of sp³-hybridized carbons (Fsp3) is 0.118. The Morgan fingerprint density at radius 2 is 1.68 bits per heavy atom. The molecule has 22 heavy (non-hydrogen) atoms. The summed E-state index contributed by atoms with van der Waals surface area (Å²) in [5, 5.41) is 3.81. The number of allylic oxidation sites excluding steroid dienone is 1. The zero-order valence-corrected chi connectivity index (χ0v) is 13.3. The second kappa shape index (κ2) is 7.04. The lowest BCUT2D eigenvalue weighted by molar-refractivity contribution is 0.584. The minimum Gasteiger partial charge on any atom is -0.200 e. The molecular weight excluding hydrogens is 296 g/mol. The summed E-state index contributed by atoms with van der Waals surface area (Å²) in [6.07, 6.45) is 3.41. The zero-order chi connectivity index (χ0) is 16.0. The van der Waals surface area contributed by atoms with Gasteiger partial charge in [-0.25, -0.2) is 4.83 Å². The highest BCUT2D eigenvalue weighted by Gasteiger charge is 2.11. The number of benzene rings is 2. The van der Waals surface area contributed by atoms with Crippen LogP contribution < -0.4 is 4.83 Å². The van der Waals surface area contributed by atoms with Gasteiger partial charge in [0.05, 0.1) is 11.1 Å². The van der Waals surface area contributed by atoms with Gasteiger partial charge in [0.2, 0.25) is 0 Å². The Morgan fingerprint density at radius 3 is 2.32 bits per heavy atom. The highest BCUT2D eigenvalue weighted by atomic mass is 32.2. The van der Waals surface area contributed by atoms with Gasteiger partial charge in [-0.05, 0) is 37.1 Å². The van der Waals surface area contributed by atoms with Gasteiger partial charge >= 0.3 is 0 Å². The minimum absolute atomic E-state index is 0.194. The van der Waals surface area contributed by atoms with Crippen molar-refractivity contribution in [1.82, 2.24) is 4.83 Å². The average Bonchev–Trinajstić information content (AvgIpc) is 2.48. The monoisotopic (exact) mass is 314 g/mol. The predicted octanol–water partition coefficient (Wildman–Crippen LogP) is 3.36. The van der Waals surface area contributed by atoms with Gasteiger partial charge in [0.15, 0.2) is 0 Å². The van der Waals surface area contributed by atoms with Crippen LogP contribution in [0.1, 0.15) is 18.1 Å². The molecule has 0 atom stereocenters. The summed E-state index contributed by atoms with van der Waals surface area (Å²) < 4.78 is 24.1. The molecule has 0 bridgehead atoms. The lowest BCUT2D eigenvalue weighted by Gasteiger charge is -2.03. The molecule has 4 nitrogen and oxygen atoms in total. The molecule has 0 aliphatic rings. The van der Waals surface area contributed by atoms with Gasteiger partial charge in [-0.3, -0.25) is 0 Å². The topological polar surface area (TPSA) is 58.5 Å². The fourth-order valence-electron chi connectivity index (χ4n) is 1.82. The van der Waals surface area contributed by atoms with Crippen LogP contribution in [0.4, 0.5) is 0 Å². The molecule has 0 aliphatic heterocycles. The van der Waals surface area contributed by atoms with Crippen molar-refractivity contribution < 1.29 is 8.42 Å². The maximum absolute atomic E-state index is 12.0. The predicted molar refractivity (Wildman–Crippen MR) is 90.1 cm³/mol. The van der Waals surface area contributed by atoms with E-state index in [9.17, 15) is 8.42 Å². The first-order valence-electron chi connectivity index (χ1n) is 6.82. The molecule has 0 spiro atoms. The first-order chi connectivity index (χ1) is 10.5. The van der Waals surface area contributed by atoms with E-state index in [2.05, 4.69) is 9.93 Å². The van der Waals surface area contributed by atoms with Crippen molar-refractivity contribution in [2.24, 2.45) is 5.10 Å². The van der Waals surface area contributed by atoms with Gasteiger partial charge in [-0.1, -0.05) is 54.1 Å². The molecule has 0 heterocycles. The minimum atomic E-state index is -3.62. The molecule has 0 aliphatic carbocycles. The molecule has 0 aromatic heterocycles. The Morgan fingerprint density at radius 1 is 1.05 bits per heavy atom. The largest absolute Gasteiger partial charge is 0.276 e. The maximum atomic E-state index is 12.0. The second-order valence-corrected chi connectivity index (χ2v) is 6.63. The molecule has 5 heteroatoms. The van der Waals surface area contributed by atoms with Crippen molar-refractivity contribution in [1.29, 1.82) is 0 Å². The molecule has 0 radical (unpaired) electrons. The molecule has 2 rings (SSSR count). The van der Waals surface area contributed by atoms with E-state index in [0.29, 0.717) is 0 Å². The van der Waals surface area contributed by atoms with E-state index in [4.69, 9.17) is 0 Å². The average molecular weight is 314 g/mol. The van der Waals surface area contributed by atoms with E-state index in [-0.39, 0.29) is 4.90 Å². The van der Waals surface area contributed by atoms with Crippen LogP contribution in [0.15, 0.2) is 70.2 Å². The molecular formula is C17H18N2O2S. The Bertz CT molecular complexity index is 777. The summed E-state index contributed by atoms with van der Waals surface area (Å²) in [7, 11) is -3.62. The smallest absolute Gasteiger partial charge is 0.200 e. The molecule has 2 aromatic carbocycles. The maximum Gasteiger partial charge on any atom is 0.276 e. The van der Waals surface area contributed by atoms with E-state index < -0.39 is 10.0 Å². The third-order valence-corrected chi connectivity index (χ3v) is 4.20. The highest BCUT2D eigenvalue weighted by molar-refractivity contribution is 7.89. The normalized spacial score (nSPS) is 12.5. The zero-order valence-electron chi connectivity index (χ0n) is 12.5. The summed E-state index contributed by atoms with van der Waals surface area (Å²) in [5.41, 5.74) is 2.88. The number of sulfonamides is 1. The Kier molecular flexibility index (Phi) is 5.12. The molecule has 0 unspecified atom stereocenters. The number of hydrogen-bond donors (Lipinski definition) is 1. The van der Waals surface area contributed by atoms with Crippen molar-refractivity contribution in [3.8, 4) is 0 Å². The molecule has 114 valence electrons. The molecule has 0 amide bonds. The number of hydrazone groups is 1. The third-order valence-electron chi connectivity index (χ3n) is 2.97. The summed E-state index contributed by atoms with van der Waals surface area (Å²) in [4.78, 5) is 2.41. The van der Waals surface area contributed by atoms with Crippen LogP contribution in [0.2, 0.25) is 0 Å². The third kappa shape index (κ3) is 4.56. The van der Waals surface area contributed by atoms with Gasteiger partial charge in [0, 0.05) is 0 Å². The molecule has 1 N–H and O–H groups in total. The van der Waals surface area contributed by atoms with Crippen molar-refractivity contribution in [2.45, 2.75) is 18.7 Å². The van der Waals surface area contributed by atoms with Gasteiger partial charge in [-0.2, -0.15) is 13.5 Å². The van der Waals surface area contributed by atoms with Gasteiger partial charge < -0.3 is 0 Å². The van der Waals surface area contributed by atoms with Gasteiger partial charge in [-0.15, -0.1) is 0 Å². The van der Waals surface area contributed by atoms with Crippen LogP contribution in [0, 0.1) is 6.92 Å². The first-order valence-corrected chi connectivity index (χ1v) is 8.30. The van der Waals surface area contributed by atoms with Crippen LogP contribution in [-0.4, -0.2) is 14.6 Å². The first kappa shape index (κ1) is 16.0. The van der Waals surface area contributed by atoms with Gasteiger partial charge in [0.25, 0.3) is 10.0 Å². The van der Waals surface area contributed by atoms with Gasteiger partial charge in [0.1, 0.15) is 0 Å². The second-order valence-electron chi connectivity index (χ2n) is 4.97. The van der Waals surface area contributed by atoms with E-state index >= 15 is 0 Å². The number of hydrogen-bond acceptors (Lipinski definition) is 3. The van der Waals surface area contributed by atoms with E-state index in [1.807, 2.05) is 50.3 Å². The Labute approximate surface area is 131 Å². The summed E-state index contributed by atoms with van der Waals surface area (Å²) in [5.74, 6) is 0. The van der Waals surface area contributed by atoms with Crippen LogP contribution in [-0.2, 0) is 10.0 Å². The summed E-state index contributed by atoms with van der Waals surface area (Å²) >= 11 is 0. The van der Waals surface area contributed by atoms with E-state index in [0.717, 1.165) is 16.7 Å². The van der Waals surface area contributed by atoms with E-state index in [1.165, 1.54) is 6.21 Å². The van der Waals surface area contributed by atoms with Crippen molar-refractivity contribution >= 4 is 22.3 Å². The van der Waals surface area contributed by atoms with Crippen LogP contribution in [0.5, 0.6) is 0 Å². The molecule has 0 saturated heterocycles. The standard InChI is InChI=1S/C17H18N2O2S/c1-14-8-10-17(11-9-14)22(20,21)19-18-13-15(2)12-16-6-4-3-5-7-16/h3-13,19H,1-2H3/b15-12-,18-13+. The molecule has 2 aromatic rings. The summed E-state index contributed by atoms with van der Waals surface area (Å²) in [6, 6.07) is 16.4. The van der Waals surface area contributed by atoms with Crippen LogP contribution in [0.25, 0.3) is 6.08 Å². The Hall–Kier alpha value is -2.40. The van der Waals surface area contributed by atoms with Crippen molar-refractivity contribution in [3.63, 3.8) is 0 Å². The molecule has 0 fully saturated rings. The van der Waals surface area contributed by atoms with Crippen LogP contribution >= 0.6 is 0 Å². The fourth-order valence-corrected chi connectivity index (χ4v) is 2.61. The molecule has 0 saturated carbocycles. The van der Waals surface area contributed by atoms with Crippen molar-refractivity contribution in [3.05, 3.63) is 71.3 Å².